The molecular formula is C7H14N2O5. The second-order valence-corrected chi connectivity index (χ2v) is 3.21. The molecule has 1 saturated carbocycles. The number of ether oxygens (including phenoxy) is 1. The van der Waals surface area contributed by atoms with Gasteiger partial charge < -0.3 is 20.1 Å². The van der Waals surface area contributed by atoms with Crippen molar-refractivity contribution in [3.05, 3.63) is 0 Å². The number of esters is 1. The molecule has 0 spiro atoms. The van der Waals surface area contributed by atoms with Crippen molar-refractivity contribution in [2.24, 2.45) is 11.8 Å². The lowest BCUT2D eigenvalue weighted by molar-refractivity contribution is -0.150. The van der Waals surface area contributed by atoms with Crippen molar-refractivity contribution in [2.45, 2.75) is 24.4 Å². The fourth-order valence-corrected chi connectivity index (χ4v) is 1.68. The lowest BCUT2D eigenvalue weighted by Gasteiger charge is -2.19. The quantitative estimate of drug-likeness (QED) is 0.182. The Morgan fingerprint density at radius 2 is 1.86 bits per heavy atom. The van der Waals surface area contributed by atoms with Gasteiger partial charge in [0.05, 0.1) is 25.4 Å². The number of hydrazine groups is 1. The topological polar surface area (TPSA) is 125 Å². The molecule has 0 radical (unpaired) electrons. The smallest absolute Gasteiger partial charge is 0.313 e. The molecule has 14 heavy (non-hydrogen) atoms. The Kier molecular flexibility index (Phi) is 3.40. The molecule has 1 aliphatic carbocycles. The fourth-order valence-electron chi connectivity index (χ4n) is 1.68. The summed E-state index contributed by atoms with van der Waals surface area (Å²) >= 11 is 0. The molecule has 0 aromatic carbocycles. The van der Waals surface area contributed by atoms with Gasteiger partial charge in [-0.05, 0) is 0 Å². The summed E-state index contributed by atoms with van der Waals surface area (Å²) in [6, 6.07) is -0.910. The highest BCUT2D eigenvalue weighted by molar-refractivity contribution is 5.74. The van der Waals surface area contributed by atoms with Crippen LogP contribution in [0.4, 0.5) is 0 Å². The zero-order valence-corrected chi connectivity index (χ0v) is 7.62. The van der Waals surface area contributed by atoms with E-state index in [0.29, 0.717) is 0 Å². The van der Waals surface area contributed by atoms with Crippen LogP contribution in [0.1, 0.15) is 0 Å². The lowest BCUT2D eigenvalue weighted by atomic mass is 10.0. The average molecular weight is 206 g/mol. The maximum absolute atomic E-state index is 11.2. The number of carbonyl (C=O) groups is 1. The van der Waals surface area contributed by atoms with Gasteiger partial charge in [0.1, 0.15) is 12.0 Å². The van der Waals surface area contributed by atoms with Crippen LogP contribution >= 0.6 is 0 Å². The standard InChI is InChI=1S/C7H14N2O5/c1-14-7(13)2-3(9-8)5(11)6(12)4(2)10/h2-6,9-12H,8H2,1H3/t2-,3-,4+,5+,6-/m0/s1. The van der Waals surface area contributed by atoms with Gasteiger partial charge in [-0.1, -0.05) is 0 Å². The Morgan fingerprint density at radius 1 is 1.29 bits per heavy atom. The molecule has 0 saturated heterocycles. The molecule has 0 heterocycles. The Balaban J connectivity index is 2.86. The van der Waals surface area contributed by atoms with E-state index in [-0.39, 0.29) is 0 Å². The lowest BCUT2D eigenvalue weighted by Crippen LogP contribution is -2.48. The van der Waals surface area contributed by atoms with Crippen LogP contribution in [0, 0.1) is 5.92 Å². The van der Waals surface area contributed by atoms with Crippen LogP contribution in [-0.2, 0) is 9.53 Å². The average Bonchev–Trinajstić information content (AvgIpc) is 2.41. The first-order valence-corrected chi connectivity index (χ1v) is 4.12. The molecule has 1 aliphatic rings. The molecule has 0 aromatic rings. The normalized spacial score (nSPS) is 42.5. The number of aliphatic hydroxyl groups excluding tert-OH is 3. The number of rotatable bonds is 2. The second kappa shape index (κ2) is 4.20. The van der Waals surface area contributed by atoms with Crippen LogP contribution in [0.15, 0.2) is 0 Å². The first-order chi connectivity index (χ1) is 6.54. The summed E-state index contributed by atoms with van der Waals surface area (Å²) < 4.78 is 4.42. The van der Waals surface area contributed by atoms with Crippen LogP contribution in [0.5, 0.6) is 0 Å². The summed E-state index contributed by atoms with van der Waals surface area (Å²) in [5.74, 6) is 3.31. The monoisotopic (exact) mass is 206 g/mol. The predicted molar refractivity (Wildman–Crippen MR) is 44.6 cm³/mol. The van der Waals surface area contributed by atoms with E-state index in [9.17, 15) is 20.1 Å². The highest BCUT2D eigenvalue weighted by Gasteiger charge is 2.52. The molecular weight excluding hydrogens is 192 g/mol. The maximum Gasteiger partial charge on any atom is 0.313 e. The van der Waals surface area contributed by atoms with Crippen molar-refractivity contribution >= 4 is 5.97 Å². The molecule has 1 fully saturated rings. The molecule has 5 atom stereocenters. The number of hydrogen-bond acceptors (Lipinski definition) is 7. The molecule has 82 valence electrons. The summed E-state index contributed by atoms with van der Waals surface area (Å²) in [6.45, 7) is 0. The number of nitrogens with two attached hydrogens (primary N) is 1. The van der Waals surface area contributed by atoms with E-state index < -0.39 is 36.2 Å². The molecule has 0 aliphatic heterocycles. The number of hydrogen-bond donors (Lipinski definition) is 5. The maximum atomic E-state index is 11.2. The minimum absolute atomic E-state index is 0.726. The minimum Gasteiger partial charge on any atom is -0.469 e. The summed E-state index contributed by atoms with van der Waals surface area (Å²) in [4.78, 5) is 11.2. The van der Waals surface area contributed by atoms with Crippen LogP contribution in [0.25, 0.3) is 0 Å². The zero-order valence-electron chi connectivity index (χ0n) is 7.62. The van der Waals surface area contributed by atoms with Crippen LogP contribution in [-0.4, -0.2) is 52.8 Å². The van der Waals surface area contributed by atoms with E-state index in [1.54, 1.807) is 0 Å². The third kappa shape index (κ3) is 1.60. The largest absolute Gasteiger partial charge is 0.469 e. The van der Waals surface area contributed by atoms with Gasteiger partial charge in [0.2, 0.25) is 0 Å². The van der Waals surface area contributed by atoms with Gasteiger partial charge >= 0.3 is 5.97 Å². The van der Waals surface area contributed by atoms with Crippen LogP contribution in [0.3, 0.4) is 0 Å². The SMILES string of the molecule is COC(=O)[C@@H]1[C@@H](O)[C@H](O)[C@H](O)[C@H]1NN. The van der Waals surface area contributed by atoms with Gasteiger partial charge in [0.15, 0.2) is 0 Å². The minimum atomic E-state index is -1.40. The molecule has 6 N–H and O–H groups in total. The molecule has 1 rings (SSSR count). The van der Waals surface area contributed by atoms with E-state index in [1.807, 2.05) is 0 Å². The third-order valence-corrected chi connectivity index (χ3v) is 2.49. The number of methoxy groups -OCH3 is 1. The van der Waals surface area contributed by atoms with Gasteiger partial charge in [-0.2, -0.15) is 0 Å². The molecule has 0 aromatic heterocycles. The summed E-state index contributed by atoms with van der Waals surface area (Å²) in [5.41, 5.74) is 2.17. The van der Waals surface area contributed by atoms with E-state index in [0.717, 1.165) is 7.11 Å². The first-order valence-electron chi connectivity index (χ1n) is 4.12. The van der Waals surface area contributed by atoms with Gasteiger partial charge in [-0.15, -0.1) is 0 Å². The molecule has 0 unspecified atom stereocenters. The van der Waals surface area contributed by atoms with Gasteiger partial charge in [0, 0.05) is 0 Å². The summed E-state index contributed by atoms with van der Waals surface area (Å²) in [7, 11) is 1.15. The van der Waals surface area contributed by atoms with Crippen molar-refractivity contribution in [1.82, 2.24) is 5.43 Å². The van der Waals surface area contributed by atoms with Crippen molar-refractivity contribution in [3.8, 4) is 0 Å². The fraction of sp³-hybridized carbons (Fsp3) is 0.857. The van der Waals surface area contributed by atoms with E-state index in [2.05, 4.69) is 10.2 Å². The van der Waals surface area contributed by atoms with Crippen LogP contribution in [0.2, 0.25) is 0 Å². The summed E-state index contributed by atoms with van der Waals surface area (Å²) in [5, 5.41) is 28.1. The first kappa shape index (κ1) is 11.3. The Hall–Kier alpha value is -0.730. The van der Waals surface area contributed by atoms with Gasteiger partial charge in [-0.3, -0.25) is 16.1 Å². The number of aliphatic hydroxyl groups is 3. The van der Waals surface area contributed by atoms with Gasteiger partial charge in [0.25, 0.3) is 0 Å². The number of carbonyl (C=O) groups excluding carboxylic acids is 1. The Morgan fingerprint density at radius 3 is 2.29 bits per heavy atom. The van der Waals surface area contributed by atoms with Crippen molar-refractivity contribution in [3.63, 3.8) is 0 Å². The predicted octanol–water partition coefficient (Wildman–Crippen LogP) is -3.30. The molecule has 0 bridgehead atoms. The number of nitrogens with one attached hydrogen (secondary N) is 1. The Bertz CT molecular complexity index is 224. The van der Waals surface area contributed by atoms with E-state index >= 15 is 0 Å². The third-order valence-electron chi connectivity index (χ3n) is 2.49. The summed E-state index contributed by atoms with van der Waals surface area (Å²) in [6.07, 6.45) is -4.07. The van der Waals surface area contributed by atoms with E-state index in [4.69, 9.17) is 5.84 Å². The highest BCUT2D eigenvalue weighted by atomic mass is 16.5. The molecule has 0 amide bonds. The second-order valence-electron chi connectivity index (χ2n) is 3.21. The van der Waals surface area contributed by atoms with E-state index in [1.165, 1.54) is 0 Å². The zero-order chi connectivity index (χ0) is 10.9. The Labute approximate surface area is 80.4 Å². The van der Waals surface area contributed by atoms with Crippen molar-refractivity contribution in [2.75, 3.05) is 7.11 Å². The highest BCUT2D eigenvalue weighted by Crippen LogP contribution is 2.27. The van der Waals surface area contributed by atoms with Gasteiger partial charge in [-0.25, -0.2) is 0 Å². The van der Waals surface area contributed by atoms with Crippen molar-refractivity contribution < 1.29 is 24.9 Å². The van der Waals surface area contributed by atoms with Crippen molar-refractivity contribution in [1.29, 1.82) is 0 Å². The van der Waals surface area contributed by atoms with Crippen LogP contribution < -0.4 is 11.3 Å². The molecule has 7 nitrogen and oxygen atoms in total. The molecule has 7 heteroatoms.